The number of carbonyl (C=O) groups excluding carboxylic acids is 1. The average Bonchev–Trinajstić information content (AvgIpc) is 2.95. The minimum Gasteiger partial charge on any atom is -0.342 e. The summed E-state index contributed by atoms with van der Waals surface area (Å²) in [4.78, 5) is 13.8. The van der Waals surface area contributed by atoms with Gasteiger partial charge in [0.25, 0.3) is 0 Å². The maximum absolute atomic E-state index is 12.0. The number of thioether (sulfide) groups is 1. The second-order valence-corrected chi connectivity index (χ2v) is 6.62. The van der Waals surface area contributed by atoms with Crippen molar-refractivity contribution >= 4 is 28.6 Å². The molecule has 19 heavy (non-hydrogen) atoms. The SMILES string of the molecule is CN1C(=O)CSC12CCCn1c2cc2ccccc21. The van der Waals surface area contributed by atoms with Crippen LogP contribution in [0.5, 0.6) is 0 Å². The molecule has 1 fully saturated rings. The molecule has 1 saturated heterocycles. The fraction of sp³-hybridized carbons (Fsp3) is 0.400. The molecule has 4 rings (SSSR count). The third-order valence-corrected chi connectivity index (χ3v) is 6.01. The van der Waals surface area contributed by atoms with Crippen molar-refractivity contribution in [2.45, 2.75) is 24.3 Å². The Morgan fingerprint density at radius 1 is 1.32 bits per heavy atom. The number of nitrogens with zero attached hydrogens (tertiary/aromatic N) is 2. The second-order valence-electron chi connectivity index (χ2n) is 5.37. The van der Waals surface area contributed by atoms with E-state index in [9.17, 15) is 4.79 Å². The highest BCUT2D eigenvalue weighted by molar-refractivity contribution is 8.01. The third kappa shape index (κ3) is 1.38. The predicted octanol–water partition coefficient (Wildman–Crippen LogP) is 2.79. The van der Waals surface area contributed by atoms with Crippen LogP contribution in [0.2, 0.25) is 0 Å². The van der Waals surface area contributed by atoms with Gasteiger partial charge in [0.1, 0.15) is 4.87 Å². The summed E-state index contributed by atoms with van der Waals surface area (Å²) in [5.74, 6) is 0.863. The summed E-state index contributed by atoms with van der Waals surface area (Å²) in [5, 5.41) is 1.28. The molecule has 0 aliphatic carbocycles. The molecule has 1 atom stereocenters. The summed E-state index contributed by atoms with van der Waals surface area (Å²) in [6.45, 7) is 1.06. The van der Waals surface area contributed by atoms with Crippen LogP contribution in [0, 0.1) is 0 Å². The zero-order chi connectivity index (χ0) is 13.0. The van der Waals surface area contributed by atoms with E-state index >= 15 is 0 Å². The van der Waals surface area contributed by atoms with Gasteiger partial charge in [-0.25, -0.2) is 0 Å². The van der Waals surface area contributed by atoms with Gasteiger partial charge in [-0.15, -0.1) is 11.8 Å². The number of hydrogen-bond acceptors (Lipinski definition) is 2. The first-order valence-electron chi connectivity index (χ1n) is 6.72. The molecule has 2 aliphatic heterocycles. The summed E-state index contributed by atoms with van der Waals surface area (Å²) in [5.41, 5.74) is 2.60. The van der Waals surface area contributed by atoms with Crippen LogP contribution in [0.25, 0.3) is 10.9 Å². The van der Waals surface area contributed by atoms with E-state index in [1.807, 2.05) is 11.9 Å². The summed E-state index contributed by atoms with van der Waals surface area (Å²) in [7, 11) is 1.95. The smallest absolute Gasteiger partial charge is 0.233 e. The summed E-state index contributed by atoms with van der Waals surface area (Å²) in [6.07, 6.45) is 2.20. The first-order chi connectivity index (χ1) is 9.22. The Labute approximate surface area is 116 Å². The van der Waals surface area contributed by atoms with Crippen LogP contribution < -0.4 is 0 Å². The number of aryl methyl sites for hydroxylation is 1. The molecule has 3 heterocycles. The Hall–Kier alpha value is -1.42. The van der Waals surface area contributed by atoms with E-state index in [-0.39, 0.29) is 10.8 Å². The fourth-order valence-corrected chi connectivity index (χ4v) is 4.90. The van der Waals surface area contributed by atoms with Crippen LogP contribution in [-0.2, 0) is 16.2 Å². The summed E-state index contributed by atoms with van der Waals surface area (Å²) >= 11 is 1.80. The van der Waals surface area contributed by atoms with E-state index in [1.54, 1.807) is 11.8 Å². The van der Waals surface area contributed by atoms with Crippen LogP contribution >= 0.6 is 11.8 Å². The summed E-state index contributed by atoms with van der Waals surface area (Å²) < 4.78 is 2.40. The number of hydrogen-bond donors (Lipinski definition) is 0. The lowest BCUT2D eigenvalue weighted by Crippen LogP contribution is -2.42. The van der Waals surface area contributed by atoms with Gasteiger partial charge in [-0.2, -0.15) is 0 Å². The van der Waals surface area contributed by atoms with Crippen molar-refractivity contribution in [3.8, 4) is 0 Å². The largest absolute Gasteiger partial charge is 0.342 e. The first-order valence-corrected chi connectivity index (χ1v) is 7.70. The van der Waals surface area contributed by atoms with E-state index in [4.69, 9.17) is 0 Å². The lowest BCUT2D eigenvalue weighted by molar-refractivity contribution is -0.129. The zero-order valence-corrected chi connectivity index (χ0v) is 11.7. The van der Waals surface area contributed by atoms with Crippen molar-refractivity contribution in [1.82, 2.24) is 9.47 Å². The van der Waals surface area contributed by atoms with Crippen LogP contribution in [-0.4, -0.2) is 28.2 Å². The maximum Gasteiger partial charge on any atom is 0.233 e. The number of para-hydroxylation sites is 1. The number of carbonyl (C=O) groups is 1. The number of amides is 1. The molecule has 1 aromatic carbocycles. The summed E-state index contributed by atoms with van der Waals surface area (Å²) in [6, 6.07) is 10.8. The van der Waals surface area contributed by atoms with Crippen LogP contribution in [0.3, 0.4) is 0 Å². The van der Waals surface area contributed by atoms with Gasteiger partial charge >= 0.3 is 0 Å². The first kappa shape index (κ1) is 11.4. The van der Waals surface area contributed by atoms with Crippen molar-refractivity contribution in [2.75, 3.05) is 12.8 Å². The molecule has 98 valence electrons. The van der Waals surface area contributed by atoms with Gasteiger partial charge in [0.05, 0.1) is 11.4 Å². The molecule has 0 bridgehead atoms. The van der Waals surface area contributed by atoms with E-state index in [2.05, 4.69) is 34.9 Å². The van der Waals surface area contributed by atoms with Gasteiger partial charge in [-0.1, -0.05) is 18.2 Å². The molecule has 4 heteroatoms. The molecule has 1 unspecified atom stereocenters. The lowest BCUT2D eigenvalue weighted by atomic mass is 10.0. The van der Waals surface area contributed by atoms with Gasteiger partial charge in [0.15, 0.2) is 0 Å². The predicted molar refractivity (Wildman–Crippen MR) is 78.1 cm³/mol. The minimum absolute atomic E-state index is 0.131. The Bertz CT molecular complexity index is 678. The number of rotatable bonds is 0. The highest BCUT2D eigenvalue weighted by Crippen LogP contribution is 2.51. The topological polar surface area (TPSA) is 25.2 Å². The van der Waals surface area contributed by atoms with Crippen molar-refractivity contribution in [3.63, 3.8) is 0 Å². The van der Waals surface area contributed by atoms with Crippen LogP contribution in [0.15, 0.2) is 30.3 Å². The van der Waals surface area contributed by atoms with Crippen molar-refractivity contribution < 1.29 is 4.79 Å². The molecule has 2 aliphatic rings. The van der Waals surface area contributed by atoms with E-state index in [0.717, 1.165) is 19.4 Å². The second kappa shape index (κ2) is 3.79. The molecule has 1 amide bonds. The fourth-order valence-electron chi connectivity index (χ4n) is 3.44. The molecule has 0 saturated carbocycles. The number of fused-ring (bicyclic) bond motifs is 4. The van der Waals surface area contributed by atoms with Gasteiger partial charge in [0, 0.05) is 19.1 Å². The zero-order valence-electron chi connectivity index (χ0n) is 10.9. The molecule has 2 aromatic rings. The van der Waals surface area contributed by atoms with Gasteiger partial charge in [-0.05, 0) is 30.4 Å². The number of benzene rings is 1. The van der Waals surface area contributed by atoms with Crippen molar-refractivity contribution in [1.29, 1.82) is 0 Å². The molecule has 1 spiro atoms. The molecular weight excluding hydrogens is 256 g/mol. The molecule has 0 radical (unpaired) electrons. The van der Waals surface area contributed by atoms with Crippen molar-refractivity contribution in [3.05, 3.63) is 36.0 Å². The van der Waals surface area contributed by atoms with Crippen LogP contribution in [0.4, 0.5) is 0 Å². The highest BCUT2D eigenvalue weighted by atomic mass is 32.2. The van der Waals surface area contributed by atoms with Crippen LogP contribution in [0.1, 0.15) is 18.5 Å². The number of aromatic nitrogens is 1. The van der Waals surface area contributed by atoms with Crippen molar-refractivity contribution in [2.24, 2.45) is 0 Å². The van der Waals surface area contributed by atoms with E-state index in [0.29, 0.717) is 5.75 Å². The Balaban J connectivity index is 1.98. The standard InChI is InChI=1S/C15H16N2OS/c1-16-14(18)10-19-15(16)7-4-8-17-12-6-3-2-5-11(12)9-13(15)17/h2-3,5-6,9H,4,7-8,10H2,1H3. The molecule has 3 nitrogen and oxygen atoms in total. The Kier molecular flexibility index (Phi) is 2.28. The third-order valence-electron chi connectivity index (χ3n) is 4.46. The maximum atomic E-state index is 12.0. The monoisotopic (exact) mass is 272 g/mol. The lowest BCUT2D eigenvalue weighted by Gasteiger charge is -2.39. The average molecular weight is 272 g/mol. The van der Waals surface area contributed by atoms with Gasteiger partial charge < -0.3 is 9.47 Å². The minimum atomic E-state index is -0.131. The molecular formula is C15H16N2OS. The van der Waals surface area contributed by atoms with E-state index < -0.39 is 0 Å². The Morgan fingerprint density at radius 2 is 2.16 bits per heavy atom. The quantitative estimate of drug-likeness (QED) is 0.737. The molecule has 0 N–H and O–H groups in total. The Morgan fingerprint density at radius 3 is 2.95 bits per heavy atom. The van der Waals surface area contributed by atoms with Gasteiger partial charge in [0.2, 0.25) is 5.91 Å². The normalized spacial score (nSPS) is 26.4. The van der Waals surface area contributed by atoms with E-state index in [1.165, 1.54) is 16.6 Å². The highest BCUT2D eigenvalue weighted by Gasteiger charge is 2.48. The molecule has 1 aromatic heterocycles. The van der Waals surface area contributed by atoms with Gasteiger partial charge in [-0.3, -0.25) is 4.79 Å².